The molecule has 5 heteroatoms. The van der Waals surface area contributed by atoms with Crippen LogP contribution in [0.3, 0.4) is 0 Å². The number of ether oxygens (including phenoxy) is 4. The summed E-state index contributed by atoms with van der Waals surface area (Å²) in [5.41, 5.74) is 4.01. The van der Waals surface area contributed by atoms with Gasteiger partial charge in [0.25, 0.3) is 0 Å². The summed E-state index contributed by atoms with van der Waals surface area (Å²) in [5.74, 6) is 4.46. The lowest BCUT2D eigenvalue weighted by Crippen LogP contribution is -2.48. The molecule has 0 amide bonds. The molecule has 224 valence electrons. The summed E-state index contributed by atoms with van der Waals surface area (Å²) in [4.78, 5) is 2.52. The van der Waals surface area contributed by atoms with Crippen molar-refractivity contribution in [3.05, 3.63) is 60.2 Å². The van der Waals surface area contributed by atoms with E-state index in [1.54, 1.807) is 7.11 Å². The van der Waals surface area contributed by atoms with Crippen molar-refractivity contribution in [2.45, 2.75) is 76.6 Å². The summed E-state index contributed by atoms with van der Waals surface area (Å²) >= 11 is 0. The van der Waals surface area contributed by atoms with Gasteiger partial charge in [-0.3, -0.25) is 4.90 Å². The highest BCUT2D eigenvalue weighted by Crippen LogP contribution is 2.62. The quantitative estimate of drug-likeness (QED) is 0.218. The largest absolute Gasteiger partial charge is 0.492 e. The number of rotatable bonds is 11. The average Bonchev–Trinajstić information content (AvgIpc) is 3.00. The van der Waals surface area contributed by atoms with Gasteiger partial charge in [0, 0.05) is 19.2 Å². The van der Waals surface area contributed by atoms with E-state index in [4.69, 9.17) is 18.9 Å². The van der Waals surface area contributed by atoms with Crippen molar-refractivity contribution in [1.29, 1.82) is 0 Å². The summed E-state index contributed by atoms with van der Waals surface area (Å²) in [6.07, 6.45) is 12.1. The third-order valence-corrected chi connectivity index (χ3v) is 10.6. The molecule has 0 N–H and O–H groups in total. The Labute approximate surface area is 251 Å². The second kappa shape index (κ2) is 12.2. The van der Waals surface area contributed by atoms with E-state index in [9.17, 15) is 0 Å². The normalized spacial score (nSPS) is 27.8. The van der Waals surface area contributed by atoms with Gasteiger partial charge in [-0.05, 0) is 147 Å². The number of likely N-dealkylation sites (tertiary alicyclic amines) is 1. The molecule has 5 fully saturated rings. The van der Waals surface area contributed by atoms with E-state index >= 15 is 0 Å². The van der Waals surface area contributed by atoms with Gasteiger partial charge in [0.15, 0.2) is 0 Å². The molecule has 5 nitrogen and oxygen atoms in total. The van der Waals surface area contributed by atoms with E-state index in [-0.39, 0.29) is 5.41 Å². The van der Waals surface area contributed by atoms with Crippen LogP contribution in [-0.2, 0) is 14.9 Å². The predicted octanol–water partition coefficient (Wildman–Crippen LogP) is 8.18. The third-order valence-electron chi connectivity index (χ3n) is 10.6. The zero-order chi connectivity index (χ0) is 28.5. The molecule has 0 radical (unpaired) electrons. The fourth-order valence-corrected chi connectivity index (χ4v) is 9.02. The molecule has 8 rings (SSSR count). The Hall–Kier alpha value is -2.60. The fraction of sp³-hybridized carbons (Fsp3) is 0.568. The second-order valence-corrected chi connectivity index (χ2v) is 13.5. The zero-order valence-corrected chi connectivity index (χ0v) is 25.5. The Balaban J connectivity index is 1.15. The maximum absolute atomic E-state index is 6.47. The molecule has 4 aliphatic carbocycles. The van der Waals surface area contributed by atoms with Crippen LogP contribution in [0.4, 0.5) is 0 Å². The minimum absolute atomic E-state index is 0.200. The van der Waals surface area contributed by atoms with Gasteiger partial charge in [-0.2, -0.15) is 0 Å². The van der Waals surface area contributed by atoms with E-state index in [1.165, 1.54) is 98.3 Å². The molecule has 4 bridgehead atoms. The Kier molecular flexibility index (Phi) is 8.18. The SMILES string of the molecule is CCOC(OC)Oc1cc2ccc(-c3ccc(OCCN4CCCCC4)cc3)cc2cc1C12CC3CC(CC(C3)C1)C2. The van der Waals surface area contributed by atoms with Crippen LogP contribution in [0.15, 0.2) is 54.6 Å². The maximum Gasteiger partial charge on any atom is 0.315 e. The Bertz CT molecular complexity index is 1330. The van der Waals surface area contributed by atoms with Crippen molar-refractivity contribution in [3.63, 3.8) is 0 Å². The first kappa shape index (κ1) is 28.2. The first-order valence-corrected chi connectivity index (χ1v) is 16.5. The average molecular weight is 570 g/mol. The number of methoxy groups -OCH3 is 1. The van der Waals surface area contributed by atoms with Gasteiger partial charge < -0.3 is 18.9 Å². The molecule has 1 saturated heterocycles. The van der Waals surface area contributed by atoms with E-state index in [2.05, 4.69) is 59.5 Å². The Morgan fingerprint density at radius 1 is 0.810 bits per heavy atom. The van der Waals surface area contributed by atoms with Crippen LogP contribution in [0.2, 0.25) is 0 Å². The van der Waals surface area contributed by atoms with Crippen molar-refractivity contribution in [3.8, 4) is 22.6 Å². The second-order valence-electron chi connectivity index (χ2n) is 13.5. The smallest absolute Gasteiger partial charge is 0.315 e. The highest BCUT2D eigenvalue weighted by molar-refractivity contribution is 5.89. The van der Waals surface area contributed by atoms with Gasteiger partial charge in [0.1, 0.15) is 18.1 Å². The highest BCUT2D eigenvalue weighted by Gasteiger charge is 2.52. The molecule has 0 spiro atoms. The van der Waals surface area contributed by atoms with Crippen LogP contribution in [0.5, 0.6) is 11.5 Å². The highest BCUT2D eigenvalue weighted by atomic mass is 16.8. The number of nitrogens with zero attached hydrogens (tertiary/aromatic N) is 1. The van der Waals surface area contributed by atoms with Crippen molar-refractivity contribution in [2.24, 2.45) is 17.8 Å². The lowest BCUT2D eigenvalue weighted by Gasteiger charge is -2.57. The van der Waals surface area contributed by atoms with E-state index in [0.29, 0.717) is 6.61 Å². The molecule has 1 unspecified atom stereocenters. The molecule has 5 aliphatic rings. The van der Waals surface area contributed by atoms with Crippen molar-refractivity contribution in [1.82, 2.24) is 4.90 Å². The molecule has 1 atom stereocenters. The van der Waals surface area contributed by atoms with Crippen molar-refractivity contribution < 1.29 is 18.9 Å². The van der Waals surface area contributed by atoms with E-state index in [1.807, 2.05) is 6.92 Å². The first-order chi connectivity index (χ1) is 20.6. The minimum Gasteiger partial charge on any atom is -0.492 e. The molecule has 3 aromatic rings. The number of hydrogen-bond acceptors (Lipinski definition) is 5. The van der Waals surface area contributed by atoms with E-state index in [0.717, 1.165) is 42.4 Å². The first-order valence-electron chi connectivity index (χ1n) is 16.5. The van der Waals surface area contributed by atoms with Gasteiger partial charge >= 0.3 is 6.48 Å². The zero-order valence-electron chi connectivity index (χ0n) is 25.5. The van der Waals surface area contributed by atoms with Crippen LogP contribution in [0, 0.1) is 17.8 Å². The van der Waals surface area contributed by atoms with Gasteiger partial charge in [-0.1, -0.05) is 30.7 Å². The van der Waals surface area contributed by atoms with Crippen LogP contribution in [0.25, 0.3) is 21.9 Å². The number of benzene rings is 3. The molecule has 4 saturated carbocycles. The maximum atomic E-state index is 6.47. The van der Waals surface area contributed by atoms with Crippen LogP contribution in [0.1, 0.15) is 70.3 Å². The molecule has 3 aromatic carbocycles. The summed E-state index contributed by atoms with van der Waals surface area (Å²) in [7, 11) is 1.66. The van der Waals surface area contributed by atoms with Crippen LogP contribution in [-0.4, -0.2) is 51.3 Å². The predicted molar refractivity (Wildman–Crippen MR) is 168 cm³/mol. The topological polar surface area (TPSA) is 40.2 Å². The van der Waals surface area contributed by atoms with Crippen LogP contribution >= 0.6 is 0 Å². The standard InChI is InChI=1S/C37H47NO4/c1-3-40-36(39-2)42-35-22-31-8-7-30(29-9-11-33(12-10-29)41-16-15-38-13-5-4-6-14-38)20-32(31)21-34(35)37-23-26-17-27(24-37)19-28(18-26)25-37/h7-12,20-22,26-28,36H,3-6,13-19,23-25H2,1-2H3. The number of fused-ring (bicyclic) bond motifs is 1. The number of piperidine rings is 1. The molecule has 1 heterocycles. The van der Waals surface area contributed by atoms with Gasteiger partial charge in [-0.25, -0.2) is 0 Å². The van der Waals surface area contributed by atoms with Gasteiger partial charge in [-0.15, -0.1) is 0 Å². The summed E-state index contributed by atoms with van der Waals surface area (Å²) in [5, 5.41) is 2.46. The third kappa shape index (κ3) is 5.80. The van der Waals surface area contributed by atoms with Gasteiger partial charge in [0.05, 0.1) is 6.61 Å². The van der Waals surface area contributed by atoms with E-state index < -0.39 is 6.48 Å². The van der Waals surface area contributed by atoms with Crippen LogP contribution < -0.4 is 9.47 Å². The molecule has 0 aromatic heterocycles. The van der Waals surface area contributed by atoms with Gasteiger partial charge in [0.2, 0.25) is 0 Å². The molecular formula is C37H47NO4. The Morgan fingerprint density at radius 2 is 1.50 bits per heavy atom. The Morgan fingerprint density at radius 3 is 2.17 bits per heavy atom. The number of hydrogen-bond donors (Lipinski definition) is 0. The summed E-state index contributed by atoms with van der Waals surface area (Å²) in [6, 6.07) is 20.1. The van der Waals surface area contributed by atoms with Crippen molar-refractivity contribution >= 4 is 10.8 Å². The lowest BCUT2D eigenvalue weighted by molar-refractivity contribution is -0.231. The lowest BCUT2D eigenvalue weighted by atomic mass is 9.48. The monoisotopic (exact) mass is 569 g/mol. The molecular weight excluding hydrogens is 522 g/mol. The molecule has 1 aliphatic heterocycles. The summed E-state index contributed by atoms with van der Waals surface area (Å²) in [6.45, 7) is 6.01. The summed E-state index contributed by atoms with van der Waals surface area (Å²) < 4.78 is 23.9. The molecule has 42 heavy (non-hydrogen) atoms. The minimum atomic E-state index is -0.694. The fourth-order valence-electron chi connectivity index (χ4n) is 9.02. The van der Waals surface area contributed by atoms with Crippen molar-refractivity contribution in [2.75, 3.05) is 40.0 Å².